The van der Waals surface area contributed by atoms with Crippen LogP contribution in [0.4, 0.5) is 5.69 Å². The highest BCUT2D eigenvalue weighted by Gasteiger charge is 2.33. The van der Waals surface area contributed by atoms with E-state index in [1.165, 1.54) is 48.9 Å². The summed E-state index contributed by atoms with van der Waals surface area (Å²) >= 11 is 0. The second kappa shape index (κ2) is 4.34. The van der Waals surface area contributed by atoms with Crippen molar-refractivity contribution in [2.45, 2.75) is 51.1 Å². The highest BCUT2D eigenvalue weighted by Crippen LogP contribution is 2.38. The van der Waals surface area contributed by atoms with Gasteiger partial charge in [0.1, 0.15) is 0 Å². The molecule has 2 aliphatic heterocycles. The molecule has 1 fully saturated rings. The Morgan fingerprint density at radius 3 is 3.00 bits per heavy atom. The van der Waals surface area contributed by atoms with E-state index in [2.05, 4.69) is 30.0 Å². The van der Waals surface area contributed by atoms with Gasteiger partial charge in [-0.15, -0.1) is 0 Å². The lowest BCUT2D eigenvalue weighted by Crippen LogP contribution is -2.52. The smallest absolute Gasteiger partial charge is 0.0415 e. The Balaban J connectivity index is 2.02. The molecule has 0 bridgehead atoms. The van der Waals surface area contributed by atoms with Crippen molar-refractivity contribution in [2.75, 3.05) is 11.4 Å². The van der Waals surface area contributed by atoms with E-state index in [0.717, 1.165) is 12.6 Å². The lowest BCUT2D eigenvalue weighted by atomic mass is 9.85. The van der Waals surface area contributed by atoms with E-state index in [-0.39, 0.29) is 0 Å². The van der Waals surface area contributed by atoms with Gasteiger partial charge in [-0.2, -0.15) is 0 Å². The first-order chi connectivity index (χ1) is 8.29. The maximum atomic E-state index is 5.96. The molecule has 0 saturated carbocycles. The van der Waals surface area contributed by atoms with Crippen LogP contribution in [-0.4, -0.2) is 18.6 Å². The van der Waals surface area contributed by atoms with Crippen LogP contribution in [0.2, 0.25) is 0 Å². The lowest BCUT2D eigenvalue weighted by molar-refractivity contribution is 0.359. The average molecular weight is 230 g/mol. The number of anilines is 1. The monoisotopic (exact) mass is 230 g/mol. The molecular formula is C15H22N2. The second-order valence-corrected chi connectivity index (χ2v) is 5.55. The standard InChI is InChI=1S/C15H22N2/c1-11-5-6-12-7-8-13-3-2-4-14(10-16)17(13)15(12)9-11/h5-6,9,13-14H,2-4,7-8,10,16H2,1H3. The second-order valence-electron chi connectivity index (χ2n) is 5.55. The van der Waals surface area contributed by atoms with Gasteiger partial charge in [-0.05, 0) is 56.2 Å². The number of nitrogens with two attached hydrogens (primary N) is 1. The topological polar surface area (TPSA) is 29.3 Å². The number of aryl methyl sites for hydroxylation is 2. The van der Waals surface area contributed by atoms with E-state index in [4.69, 9.17) is 5.73 Å². The zero-order valence-corrected chi connectivity index (χ0v) is 10.7. The maximum absolute atomic E-state index is 5.96. The fourth-order valence-corrected chi connectivity index (χ4v) is 3.52. The van der Waals surface area contributed by atoms with Crippen molar-refractivity contribution < 1.29 is 0 Å². The SMILES string of the molecule is Cc1ccc2c(c1)N1C(CN)CCCC1CC2. The molecule has 0 spiro atoms. The molecule has 1 aromatic carbocycles. The van der Waals surface area contributed by atoms with Crippen LogP contribution in [0.3, 0.4) is 0 Å². The van der Waals surface area contributed by atoms with Gasteiger partial charge < -0.3 is 10.6 Å². The molecule has 2 N–H and O–H groups in total. The highest BCUT2D eigenvalue weighted by molar-refractivity contribution is 5.59. The van der Waals surface area contributed by atoms with Crippen molar-refractivity contribution >= 4 is 5.69 Å². The number of piperidine rings is 1. The Morgan fingerprint density at radius 2 is 2.18 bits per heavy atom. The van der Waals surface area contributed by atoms with E-state index < -0.39 is 0 Å². The number of hydrogen-bond acceptors (Lipinski definition) is 2. The first-order valence-corrected chi connectivity index (χ1v) is 6.87. The highest BCUT2D eigenvalue weighted by atomic mass is 15.2. The predicted octanol–water partition coefficient (Wildman–Crippen LogP) is 2.63. The molecule has 2 unspecified atom stereocenters. The van der Waals surface area contributed by atoms with Gasteiger partial charge >= 0.3 is 0 Å². The molecule has 0 aliphatic carbocycles. The van der Waals surface area contributed by atoms with Crippen molar-refractivity contribution in [3.63, 3.8) is 0 Å². The van der Waals surface area contributed by atoms with Crippen LogP contribution in [0.1, 0.15) is 36.8 Å². The normalized spacial score (nSPS) is 27.5. The van der Waals surface area contributed by atoms with E-state index in [1.807, 2.05) is 0 Å². The number of fused-ring (bicyclic) bond motifs is 3. The summed E-state index contributed by atoms with van der Waals surface area (Å²) in [5, 5.41) is 0. The molecule has 1 saturated heterocycles. The fourth-order valence-electron chi connectivity index (χ4n) is 3.52. The quantitative estimate of drug-likeness (QED) is 0.803. The van der Waals surface area contributed by atoms with Crippen LogP contribution in [0, 0.1) is 6.92 Å². The van der Waals surface area contributed by atoms with Gasteiger partial charge in [0, 0.05) is 24.3 Å². The summed E-state index contributed by atoms with van der Waals surface area (Å²) in [5.41, 5.74) is 10.3. The summed E-state index contributed by atoms with van der Waals surface area (Å²) in [4.78, 5) is 2.63. The molecular weight excluding hydrogens is 208 g/mol. The summed E-state index contributed by atoms with van der Waals surface area (Å²) in [6, 6.07) is 8.21. The van der Waals surface area contributed by atoms with Gasteiger partial charge in [-0.3, -0.25) is 0 Å². The van der Waals surface area contributed by atoms with Crippen molar-refractivity contribution in [1.82, 2.24) is 0 Å². The largest absolute Gasteiger partial charge is 0.364 e. The lowest BCUT2D eigenvalue weighted by Gasteiger charge is -2.47. The Morgan fingerprint density at radius 1 is 1.29 bits per heavy atom. The molecule has 2 atom stereocenters. The molecule has 0 aromatic heterocycles. The Hall–Kier alpha value is -1.02. The molecule has 2 aliphatic rings. The first-order valence-electron chi connectivity index (χ1n) is 6.87. The van der Waals surface area contributed by atoms with Crippen molar-refractivity contribution in [1.29, 1.82) is 0 Å². The third-order valence-electron chi connectivity index (χ3n) is 4.40. The zero-order valence-electron chi connectivity index (χ0n) is 10.7. The van der Waals surface area contributed by atoms with Crippen LogP contribution >= 0.6 is 0 Å². The molecule has 2 nitrogen and oxygen atoms in total. The van der Waals surface area contributed by atoms with Crippen LogP contribution in [0.15, 0.2) is 18.2 Å². The molecule has 0 radical (unpaired) electrons. The number of hydrogen-bond donors (Lipinski definition) is 1. The minimum absolute atomic E-state index is 0.564. The van der Waals surface area contributed by atoms with Crippen LogP contribution in [0.5, 0.6) is 0 Å². The van der Waals surface area contributed by atoms with E-state index >= 15 is 0 Å². The Bertz CT molecular complexity index is 413. The van der Waals surface area contributed by atoms with Gasteiger partial charge in [0.2, 0.25) is 0 Å². The van der Waals surface area contributed by atoms with Crippen LogP contribution < -0.4 is 10.6 Å². The summed E-state index contributed by atoms with van der Waals surface area (Å²) in [6.07, 6.45) is 6.52. The predicted molar refractivity (Wildman–Crippen MR) is 72.5 cm³/mol. The van der Waals surface area contributed by atoms with Crippen LogP contribution in [0.25, 0.3) is 0 Å². The van der Waals surface area contributed by atoms with Crippen molar-refractivity contribution in [3.05, 3.63) is 29.3 Å². The molecule has 2 heterocycles. The summed E-state index contributed by atoms with van der Waals surface area (Å²) in [7, 11) is 0. The van der Waals surface area contributed by atoms with Gasteiger partial charge in [-0.1, -0.05) is 12.1 Å². The fraction of sp³-hybridized carbons (Fsp3) is 0.600. The van der Waals surface area contributed by atoms with E-state index in [1.54, 1.807) is 0 Å². The number of benzene rings is 1. The van der Waals surface area contributed by atoms with Gasteiger partial charge in [0.05, 0.1) is 0 Å². The van der Waals surface area contributed by atoms with E-state index in [9.17, 15) is 0 Å². The Kier molecular flexibility index (Phi) is 2.83. The van der Waals surface area contributed by atoms with Gasteiger partial charge in [0.15, 0.2) is 0 Å². The van der Waals surface area contributed by atoms with E-state index in [0.29, 0.717) is 6.04 Å². The molecule has 92 valence electrons. The third kappa shape index (κ3) is 1.85. The molecule has 1 aromatic rings. The minimum Gasteiger partial charge on any atom is -0.364 e. The summed E-state index contributed by atoms with van der Waals surface area (Å²) < 4.78 is 0. The van der Waals surface area contributed by atoms with Gasteiger partial charge in [-0.25, -0.2) is 0 Å². The first kappa shape index (κ1) is 11.1. The van der Waals surface area contributed by atoms with Crippen LogP contribution in [-0.2, 0) is 6.42 Å². The molecule has 17 heavy (non-hydrogen) atoms. The molecule has 0 amide bonds. The van der Waals surface area contributed by atoms with Crippen molar-refractivity contribution in [3.8, 4) is 0 Å². The summed E-state index contributed by atoms with van der Waals surface area (Å²) in [5.74, 6) is 0. The number of nitrogens with zero attached hydrogens (tertiary/aromatic N) is 1. The summed E-state index contributed by atoms with van der Waals surface area (Å²) in [6.45, 7) is 2.98. The maximum Gasteiger partial charge on any atom is 0.0415 e. The number of rotatable bonds is 1. The molecule has 3 rings (SSSR count). The molecule has 2 heteroatoms. The zero-order chi connectivity index (χ0) is 11.8. The van der Waals surface area contributed by atoms with Gasteiger partial charge in [0.25, 0.3) is 0 Å². The average Bonchev–Trinajstić information content (AvgIpc) is 2.37. The van der Waals surface area contributed by atoms with Crippen molar-refractivity contribution in [2.24, 2.45) is 5.73 Å². The minimum atomic E-state index is 0.564. The Labute approximate surface area is 104 Å². The third-order valence-corrected chi connectivity index (χ3v) is 4.40.